The van der Waals surface area contributed by atoms with Crippen LogP contribution in [0.2, 0.25) is 0 Å². The van der Waals surface area contributed by atoms with Crippen LogP contribution < -0.4 is 5.32 Å². The van der Waals surface area contributed by atoms with Gasteiger partial charge in [-0.1, -0.05) is 0 Å². The highest BCUT2D eigenvalue weighted by Crippen LogP contribution is 2.10. The number of furan rings is 1. The van der Waals surface area contributed by atoms with Crippen LogP contribution in [-0.2, 0) is 10.6 Å². The molecular formula is C10H14ClNO3. The molecule has 84 valence electrons. The smallest absolute Gasteiger partial charge is 0.287 e. The number of alkyl halides is 1. The van der Waals surface area contributed by atoms with E-state index >= 15 is 0 Å². The lowest BCUT2D eigenvalue weighted by Gasteiger charge is -2.10. The maximum absolute atomic E-state index is 11.6. The van der Waals surface area contributed by atoms with Crippen molar-refractivity contribution in [3.05, 3.63) is 23.7 Å². The van der Waals surface area contributed by atoms with E-state index in [2.05, 4.69) is 5.32 Å². The number of carbonyl (C=O) groups is 1. The highest BCUT2D eigenvalue weighted by Gasteiger charge is 2.13. The minimum atomic E-state index is -0.254. The van der Waals surface area contributed by atoms with Gasteiger partial charge in [-0.15, -0.1) is 11.6 Å². The van der Waals surface area contributed by atoms with Crippen molar-refractivity contribution in [2.45, 2.75) is 18.8 Å². The number of ether oxygens (including phenoxy) is 1. The summed E-state index contributed by atoms with van der Waals surface area (Å²) in [6.45, 7) is 2.32. The van der Waals surface area contributed by atoms with Crippen molar-refractivity contribution >= 4 is 17.5 Å². The molecule has 0 saturated heterocycles. The maximum atomic E-state index is 11.6. The molecule has 1 N–H and O–H groups in total. The molecule has 0 aliphatic heterocycles. The van der Waals surface area contributed by atoms with Gasteiger partial charge in [-0.25, -0.2) is 0 Å². The van der Waals surface area contributed by atoms with Gasteiger partial charge >= 0.3 is 0 Å². The molecule has 1 heterocycles. The summed E-state index contributed by atoms with van der Waals surface area (Å²) >= 11 is 5.55. The van der Waals surface area contributed by atoms with E-state index < -0.39 is 0 Å². The summed E-state index contributed by atoms with van der Waals surface area (Å²) in [6, 6.07) is 3.24. The molecule has 1 aromatic rings. The third-order valence-corrected chi connectivity index (χ3v) is 2.07. The van der Waals surface area contributed by atoms with Crippen LogP contribution in [-0.4, -0.2) is 25.7 Å². The van der Waals surface area contributed by atoms with Crippen LogP contribution in [0, 0.1) is 0 Å². The fraction of sp³-hybridized carbons (Fsp3) is 0.500. The first kappa shape index (κ1) is 12.1. The van der Waals surface area contributed by atoms with Crippen LogP contribution in [0.25, 0.3) is 0 Å². The number of hydrogen-bond donors (Lipinski definition) is 1. The second-order valence-corrected chi connectivity index (χ2v) is 3.50. The third-order valence-electron chi connectivity index (χ3n) is 1.81. The molecule has 5 heteroatoms. The number of hydrogen-bond acceptors (Lipinski definition) is 3. The van der Waals surface area contributed by atoms with Gasteiger partial charge < -0.3 is 14.5 Å². The van der Waals surface area contributed by atoms with Gasteiger partial charge in [0.05, 0.1) is 12.5 Å². The average Bonchev–Trinajstić information content (AvgIpc) is 2.66. The van der Waals surface area contributed by atoms with Gasteiger partial charge in [0, 0.05) is 13.2 Å². The Morgan fingerprint density at radius 3 is 2.93 bits per heavy atom. The van der Waals surface area contributed by atoms with Crippen molar-refractivity contribution in [2.75, 3.05) is 13.7 Å². The number of halogens is 1. The largest absolute Gasteiger partial charge is 0.455 e. The predicted octanol–water partition coefficient (Wildman–Crippen LogP) is 1.78. The Bertz CT molecular complexity index is 324. The van der Waals surface area contributed by atoms with E-state index in [1.807, 2.05) is 6.92 Å². The molecule has 0 aromatic carbocycles. The molecule has 1 atom stereocenters. The fourth-order valence-corrected chi connectivity index (χ4v) is 1.30. The van der Waals surface area contributed by atoms with Crippen molar-refractivity contribution in [3.63, 3.8) is 0 Å². The zero-order valence-corrected chi connectivity index (χ0v) is 9.50. The zero-order valence-electron chi connectivity index (χ0n) is 8.75. The summed E-state index contributed by atoms with van der Waals surface area (Å²) in [5.41, 5.74) is 0. The van der Waals surface area contributed by atoms with E-state index in [-0.39, 0.29) is 23.6 Å². The molecule has 0 spiro atoms. The Morgan fingerprint density at radius 1 is 1.67 bits per heavy atom. The van der Waals surface area contributed by atoms with Crippen LogP contribution in [0.4, 0.5) is 0 Å². The third kappa shape index (κ3) is 3.57. The van der Waals surface area contributed by atoms with Gasteiger partial charge in [-0.3, -0.25) is 4.79 Å². The summed E-state index contributed by atoms with van der Waals surface area (Å²) in [6.07, 6.45) is 0. The van der Waals surface area contributed by atoms with E-state index in [0.29, 0.717) is 12.4 Å². The molecule has 0 radical (unpaired) electrons. The number of nitrogens with one attached hydrogen (secondary N) is 1. The van der Waals surface area contributed by atoms with Gasteiger partial charge in [0.15, 0.2) is 5.76 Å². The Labute approximate surface area is 93.5 Å². The molecule has 0 fully saturated rings. The molecule has 15 heavy (non-hydrogen) atoms. The lowest BCUT2D eigenvalue weighted by atomic mass is 10.3. The first-order chi connectivity index (χ1) is 7.17. The second kappa shape index (κ2) is 5.78. The average molecular weight is 232 g/mol. The van der Waals surface area contributed by atoms with Crippen molar-refractivity contribution in [1.82, 2.24) is 5.32 Å². The monoisotopic (exact) mass is 231 g/mol. The van der Waals surface area contributed by atoms with Gasteiger partial charge in [0.1, 0.15) is 5.76 Å². The topological polar surface area (TPSA) is 51.5 Å². The Balaban J connectivity index is 2.53. The Kier molecular flexibility index (Phi) is 4.65. The molecule has 1 rings (SSSR count). The standard InChI is InChI=1S/C10H14ClNO3/c1-7(6-14-2)12-10(13)9-4-3-8(5-11)15-9/h3-4,7H,5-6H2,1-2H3,(H,12,13). The van der Waals surface area contributed by atoms with Crippen molar-refractivity contribution in [1.29, 1.82) is 0 Å². The van der Waals surface area contributed by atoms with E-state index in [0.717, 1.165) is 0 Å². The van der Waals surface area contributed by atoms with Crippen LogP contribution >= 0.6 is 11.6 Å². The molecule has 0 saturated carbocycles. The Morgan fingerprint density at radius 2 is 2.40 bits per heavy atom. The normalized spacial score (nSPS) is 12.5. The van der Waals surface area contributed by atoms with Crippen molar-refractivity contribution in [2.24, 2.45) is 0 Å². The quantitative estimate of drug-likeness (QED) is 0.786. The first-order valence-electron chi connectivity index (χ1n) is 4.62. The molecular weight excluding hydrogens is 218 g/mol. The summed E-state index contributed by atoms with van der Waals surface area (Å²) in [5.74, 6) is 0.867. The van der Waals surface area contributed by atoms with Gasteiger partial charge in [0.25, 0.3) is 5.91 Å². The van der Waals surface area contributed by atoms with Gasteiger partial charge in [-0.2, -0.15) is 0 Å². The van der Waals surface area contributed by atoms with E-state index in [4.69, 9.17) is 20.8 Å². The SMILES string of the molecule is COCC(C)NC(=O)c1ccc(CCl)o1. The van der Waals surface area contributed by atoms with Crippen molar-refractivity contribution in [3.8, 4) is 0 Å². The van der Waals surface area contributed by atoms with E-state index in [9.17, 15) is 4.79 Å². The molecule has 1 amide bonds. The number of amides is 1. The molecule has 0 aliphatic carbocycles. The molecule has 0 bridgehead atoms. The maximum Gasteiger partial charge on any atom is 0.287 e. The van der Waals surface area contributed by atoms with E-state index in [1.54, 1.807) is 19.2 Å². The minimum absolute atomic E-state index is 0.0490. The van der Waals surface area contributed by atoms with Crippen molar-refractivity contribution < 1.29 is 13.9 Å². The molecule has 1 aromatic heterocycles. The minimum Gasteiger partial charge on any atom is -0.455 e. The zero-order chi connectivity index (χ0) is 11.3. The number of rotatable bonds is 5. The molecule has 4 nitrogen and oxygen atoms in total. The number of methoxy groups -OCH3 is 1. The molecule has 1 unspecified atom stereocenters. The lowest BCUT2D eigenvalue weighted by Crippen LogP contribution is -2.35. The van der Waals surface area contributed by atoms with E-state index in [1.165, 1.54) is 0 Å². The summed E-state index contributed by atoms with van der Waals surface area (Å²) in [4.78, 5) is 11.6. The fourth-order valence-electron chi connectivity index (χ4n) is 1.16. The molecule has 0 aliphatic rings. The summed E-state index contributed by atoms with van der Waals surface area (Å²) < 4.78 is 10.1. The summed E-state index contributed by atoms with van der Waals surface area (Å²) in [5, 5.41) is 2.73. The summed E-state index contributed by atoms with van der Waals surface area (Å²) in [7, 11) is 1.58. The van der Waals surface area contributed by atoms with Crippen LogP contribution in [0.1, 0.15) is 23.2 Å². The lowest BCUT2D eigenvalue weighted by molar-refractivity contribution is 0.0876. The first-order valence-corrected chi connectivity index (χ1v) is 5.15. The number of carbonyl (C=O) groups excluding carboxylic acids is 1. The van der Waals surface area contributed by atoms with Crippen LogP contribution in [0.3, 0.4) is 0 Å². The highest BCUT2D eigenvalue weighted by molar-refractivity contribution is 6.16. The highest BCUT2D eigenvalue weighted by atomic mass is 35.5. The second-order valence-electron chi connectivity index (χ2n) is 3.23. The predicted molar refractivity (Wildman–Crippen MR) is 57.1 cm³/mol. The van der Waals surface area contributed by atoms with Crippen LogP contribution in [0.5, 0.6) is 0 Å². The van der Waals surface area contributed by atoms with Crippen LogP contribution in [0.15, 0.2) is 16.5 Å². The van der Waals surface area contributed by atoms with Gasteiger partial charge in [0.2, 0.25) is 0 Å². The Hall–Kier alpha value is -1.00. The van der Waals surface area contributed by atoms with Gasteiger partial charge in [-0.05, 0) is 19.1 Å².